The molecule has 0 aliphatic carbocycles. The molecule has 2 rings (SSSR count). The summed E-state index contributed by atoms with van der Waals surface area (Å²) in [5.74, 6) is -1.51. The van der Waals surface area contributed by atoms with E-state index < -0.39 is 17.5 Å². The Morgan fingerprint density at radius 3 is 2.37 bits per heavy atom. The maximum absolute atomic E-state index is 13.6. The molecule has 0 atom stereocenters. The summed E-state index contributed by atoms with van der Waals surface area (Å²) in [6.07, 6.45) is 0. The number of hydrogen-bond acceptors (Lipinski definition) is 1. The van der Waals surface area contributed by atoms with Crippen LogP contribution in [-0.4, -0.2) is 5.91 Å². The zero-order valence-corrected chi connectivity index (χ0v) is 10.6. The Kier molecular flexibility index (Phi) is 3.60. The van der Waals surface area contributed by atoms with Crippen LogP contribution in [0.3, 0.4) is 0 Å². The van der Waals surface area contributed by atoms with Crippen LogP contribution in [0.1, 0.15) is 21.5 Å². The van der Waals surface area contributed by atoms with Crippen LogP contribution < -0.4 is 5.32 Å². The minimum Gasteiger partial charge on any atom is -0.319 e. The number of halogens is 2. The van der Waals surface area contributed by atoms with Crippen LogP contribution in [-0.2, 0) is 0 Å². The summed E-state index contributed by atoms with van der Waals surface area (Å²) in [4.78, 5) is 11.9. The number of rotatable bonds is 2. The van der Waals surface area contributed by atoms with Crippen molar-refractivity contribution < 1.29 is 13.6 Å². The van der Waals surface area contributed by atoms with Crippen LogP contribution in [0.4, 0.5) is 14.5 Å². The highest BCUT2D eigenvalue weighted by Crippen LogP contribution is 2.17. The number of benzene rings is 2. The average Bonchev–Trinajstić information content (AvgIpc) is 2.36. The van der Waals surface area contributed by atoms with Crippen molar-refractivity contribution in [3.8, 4) is 0 Å². The van der Waals surface area contributed by atoms with E-state index in [1.807, 2.05) is 0 Å². The van der Waals surface area contributed by atoms with Gasteiger partial charge in [-0.15, -0.1) is 0 Å². The first-order chi connectivity index (χ1) is 8.97. The van der Waals surface area contributed by atoms with Crippen LogP contribution >= 0.6 is 0 Å². The minimum atomic E-state index is -0.540. The molecule has 0 saturated carbocycles. The lowest BCUT2D eigenvalue weighted by molar-refractivity contribution is 0.102. The van der Waals surface area contributed by atoms with Crippen molar-refractivity contribution in [1.82, 2.24) is 0 Å². The fraction of sp³-hybridized carbons (Fsp3) is 0.133. The Bertz CT molecular complexity index is 638. The number of hydrogen-bond donors (Lipinski definition) is 1. The van der Waals surface area contributed by atoms with Gasteiger partial charge in [-0.2, -0.15) is 0 Å². The topological polar surface area (TPSA) is 29.1 Å². The van der Waals surface area contributed by atoms with E-state index in [0.717, 1.165) is 11.6 Å². The first-order valence-corrected chi connectivity index (χ1v) is 5.81. The zero-order chi connectivity index (χ0) is 14.0. The van der Waals surface area contributed by atoms with Crippen LogP contribution in [0.25, 0.3) is 0 Å². The molecule has 0 heterocycles. The molecule has 0 fully saturated rings. The van der Waals surface area contributed by atoms with Crippen molar-refractivity contribution in [3.05, 3.63) is 64.7 Å². The van der Waals surface area contributed by atoms with Crippen molar-refractivity contribution in [2.75, 3.05) is 5.32 Å². The lowest BCUT2D eigenvalue weighted by Crippen LogP contribution is -2.13. The smallest absolute Gasteiger partial charge is 0.255 e. The molecule has 19 heavy (non-hydrogen) atoms. The first kappa shape index (κ1) is 13.2. The van der Waals surface area contributed by atoms with Gasteiger partial charge in [0.05, 0.1) is 5.69 Å². The van der Waals surface area contributed by atoms with Gasteiger partial charge in [0.1, 0.15) is 11.6 Å². The second kappa shape index (κ2) is 5.18. The highest BCUT2D eigenvalue weighted by atomic mass is 19.1. The van der Waals surface area contributed by atoms with E-state index in [9.17, 15) is 13.6 Å². The minimum absolute atomic E-state index is 0.0802. The van der Waals surface area contributed by atoms with Crippen molar-refractivity contribution in [2.45, 2.75) is 13.8 Å². The number of aryl methyl sites for hydroxylation is 2. The van der Waals surface area contributed by atoms with Crippen molar-refractivity contribution in [1.29, 1.82) is 0 Å². The molecule has 0 saturated heterocycles. The molecule has 2 aromatic rings. The Hall–Kier alpha value is -2.23. The van der Waals surface area contributed by atoms with E-state index in [-0.39, 0.29) is 11.3 Å². The molecule has 0 aliphatic heterocycles. The molecule has 2 nitrogen and oxygen atoms in total. The molecule has 0 radical (unpaired) electrons. The Balaban J connectivity index is 2.23. The van der Waals surface area contributed by atoms with Gasteiger partial charge >= 0.3 is 0 Å². The second-order valence-corrected chi connectivity index (χ2v) is 4.40. The average molecular weight is 261 g/mol. The fourth-order valence-electron chi connectivity index (χ4n) is 1.65. The monoisotopic (exact) mass is 261 g/mol. The van der Waals surface area contributed by atoms with Crippen LogP contribution in [0.2, 0.25) is 0 Å². The fourth-order valence-corrected chi connectivity index (χ4v) is 1.65. The molecule has 0 unspecified atom stereocenters. The summed E-state index contributed by atoms with van der Waals surface area (Å²) in [6, 6.07) is 8.64. The Labute approximate surface area is 110 Å². The molecular formula is C15H13F2NO. The van der Waals surface area contributed by atoms with E-state index in [4.69, 9.17) is 0 Å². The molecule has 0 aliphatic rings. The van der Waals surface area contributed by atoms with Gasteiger partial charge in [-0.1, -0.05) is 12.1 Å². The molecule has 0 spiro atoms. The Morgan fingerprint density at radius 2 is 1.74 bits per heavy atom. The highest BCUT2D eigenvalue weighted by Gasteiger charge is 2.11. The highest BCUT2D eigenvalue weighted by molar-refractivity contribution is 6.04. The SMILES string of the molecule is Cc1ccc(NC(=O)c2ccc(C)c(F)c2)c(F)c1. The third-order valence-electron chi connectivity index (χ3n) is 2.81. The maximum Gasteiger partial charge on any atom is 0.255 e. The van der Waals surface area contributed by atoms with Crippen LogP contribution in [0, 0.1) is 25.5 Å². The quantitative estimate of drug-likeness (QED) is 0.874. The van der Waals surface area contributed by atoms with E-state index in [1.54, 1.807) is 19.9 Å². The van der Waals surface area contributed by atoms with Gasteiger partial charge in [0, 0.05) is 5.56 Å². The molecule has 1 amide bonds. The van der Waals surface area contributed by atoms with Gasteiger partial charge in [0.25, 0.3) is 5.91 Å². The largest absolute Gasteiger partial charge is 0.319 e. The predicted molar refractivity (Wildman–Crippen MR) is 70.2 cm³/mol. The van der Waals surface area contributed by atoms with Gasteiger partial charge in [-0.25, -0.2) is 8.78 Å². The van der Waals surface area contributed by atoms with Gasteiger partial charge in [0.15, 0.2) is 0 Å². The van der Waals surface area contributed by atoms with Gasteiger partial charge in [-0.05, 0) is 49.2 Å². The summed E-state index contributed by atoms with van der Waals surface area (Å²) in [5, 5.41) is 2.42. The third kappa shape index (κ3) is 2.96. The summed E-state index contributed by atoms with van der Waals surface area (Å²) in [5.41, 5.74) is 1.45. The van der Waals surface area contributed by atoms with Crippen molar-refractivity contribution >= 4 is 11.6 Å². The van der Waals surface area contributed by atoms with Crippen LogP contribution in [0.5, 0.6) is 0 Å². The number of carbonyl (C=O) groups is 1. The number of carbonyl (C=O) groups excluding carboxylic acids is 1. The number of nitrogens with one attached hydrogen (secondary N) is 1. The summed E-state index contributed by atoms with van der Waals surface area (Å²) >= 11 is 0. The predicted octanol–water partition coefficient (Wildman–Crippen LogP) is 3.83. The Morgan fingerprint density at radius 1 is 1.00 bits per heavy atom. The van der Waals surface area contributed by atoms with Gasteiger partial charge in [0.2, 0.25) is 0 Å². The van der Waals surface area contributed by atoms with Crippen molar-refractivity contribution in [3.63, 3.8) is 0 Å². The molecule has 1 N–H and O–H groups in total. The van der Waals surface area contributed by atoms with E-state index in [2.05, 4.69) is 5.32 Å². The lowest BCUT2D eigenvalue weighted by Gasteiger charge is -2.07. The second-order valence-electron chi connectivity index (χ2n) is 4.40. The number of anilines is 1. The van der Waals surface area contributed by atoms with E-state index in [1.165, 1.54) is 24.3 Å². The number of amides is 1. The van der Waals surface area contributed by atoms with Gasteiger partial charge in [-0.3, -0.25) is 4.79 Å². The first-order valence-electron chi connectivity index (χ1n) is 5.81. The molecule has 0 aromatic heterocycles. The molecule has 4 heteroatoms. The van der Waals surface area contributed by atoms with E-state index >= 15 is 0 Å². The van der Waals surface area contributed by atoms with Crippen LogP contribution in [0.15, 0.2) is 36.4 Å². The van der Waals surface area contributed by atoms with E-state index in [0.29, 0.717) is 5.56 Å². The lowest BCUT2D eigenvalue weighted by atomic mass is 10.1. The van der Waals surface area contributed by atoms with Crippen molar-refractivity contribution in [2.24, 2.45) is 0 Å². The van der Waals surface area contributed by atoms with Gasteiger partial charge < -0.3 is 5.32 Å². The third-order valence-corrected chi connectivity index (χ3v) is 2.81. The standard InChI is InChI=1S/C15H13F2NO/c1-9-3-6-14(13(17)7-9)18-15(19)11-5-4-10(2)12(16)8-11/h3-8H,1-2H3,(H,18,19). The molecule has 98 valence electrons. The molecule has 0 bridgehead atoms. The maximum atomic E-state index is 13.6. The summed E-state index contributed by atoms with van der Waals surface area (Å²) < 4.78 is 26.9. The summed E-state index contributed by atoms with van der Waals surface area (Å²) in [6.45, 7) is 3.36. The molecular weight excluding hydrogens is 248 g/mol. The zero-order valence-electron chi connectivity index (χ0n) is 10.6. The summed E-state index contributed by atoms with van der Waals surface area (Å²) in [7, 11) is 0. The normalized spacial score (nSPS) is 10.3. The molecule has 2 aromatic carbocycles.